The normalized spacial score (nSPS) is 21.3. The average molecular weight is 519 g/mol. The van der Waals surface area contributed by atoms with Gasteiger partial charge in [0.15, 0.2) is 6.10 Å². The second-order valence-corrected chi connectivity index (χ2v) is 11.2. The molecule has 2 rings (SSSR count). The van der Waals surface area contributed by atoms with Crippen LogP contribution in [0.4, 0.5) is 0 Å². The number of carbonyl (C=O) groups excluding carboxylic acids is 2. The van der Waals surface area contributed by atoms with Crippen LogP contribution in [0.15, 0.2) is 36.4 Å². The predicted molar refractivity (Wildman–Crippen MR) is 144 cm³/mol. The van der Waals surface area contributed by atoms with Crippen LogP contribution >= 0.6 is 0 Å². The van der Waals surface area contributed by atoms with E-state index in [1.165, 1.54) is 18.7 Å². The Balaban J connectivity index is 2.06. The Morgan fingerprint density at radius 2 is 1.78 bits per heavy atom. The summed E-state index contributed by atoms with van der Waals surface area (Å²) in [5.74, 6) is -0.699. The molecule has 8 nitrogen and oxygen atoms in total. The molecule has 208 valence electrons. The van der Waals surface area contributed by atoms with Crippen LogP contribution in [0.3, 0.4) is 0 Å². The highest BCUT2D eigenvalue weighted by atomic mass is 16.5. The quantitative estimate of drug-likeness (QED) is 0.335. The van der Waals surface area contributed by atoms with Gasteiger partial charge in [-0.05, 0) is 41.7 Å². The highest BCUT2D eigenvalue weighted by molar-refractivity contribution is 5.89. The Labute approximate surface area is 221 Å². The Morgan fingerprint density at radius 3 is 2.35 bits per heavy atom. The van der Waals surface area contributed by atoms with Gasteiger partial charge in [0.25, 0.3) is 5.91 Å². The molecule has 1 heterocycles. The minimum Gasteiger partial charge on any atom is -0.387 e. The number of likely N-dealkylation sites (tertiary alicyclic amines) is 1. The third-order valence-electron chi connectivity index (χ3n) is 7.09. The molecule has 0 aliphatic carbocycles. The number of benzene rings is 1. The fourth-order valence-electron chi connectivity index (χ4n) is 4.32. The lowest BCUT2D eigenvalue weighted by Gasteiger charge is -2.29. The van der Waals surface area contributed by atoms with E-state index in [1.807, 2.05) is 26.0 Å². The molecule has 6 atom stereocenters. The molecule has 1 fully saturated rings. The molecule has 0 radical (unpaired) electrons. The maximum Gasteiger partial charge on any atom is 0.252 e. The summed E-state index contributed by atoms with van der Waals surface area (Å²) in [6, 6.07) is 7.47. The van der Waals surface area contributed by atoms with Gasteiger partial charge in [0.05, 0.1) is 0 Å². The standard InChI is InChI=1S/C29H46N2O6/c1-7-19(2)11-16-23(32)24(33)25(34)26(37-6)27(35)30-22-10-8-9-17-31(28(22)36)18-20-12-14-21(15-13-20)29(3,4)5/h11-16,19,22-26,32-34H,7-10,17-18H2,1-6H3,(H,30,35)/t19?,22-,23+,24-,25+,26+/m0/s1. The molecule has 1 saturated heterocycles. The molecule has 0 bridgehead atoms. The lowest BCUT2D eigenvalue weighted by Crippen LogP contribution is -2.55. The summed E-state index contributed by atoms with van der Waals surface area (Å²) in [6.45, 7) is 11.5. The first-order chi connectivity index (χ1) is 17.4. The number of nitrogens with zero attached hydrogens (tertiary/aromatic N) is 1. The third kappa shape index (κ3) is 8.92. The smallest absolute Gasteiger partial charge is 0.252 e. The number of methoxy groups -OCH3 is 1. The SMILES string of the molecule is CCC(C)C=C[C@@H](O)[C@H](O)[C@@H](O)[C@@H](OC)C(=O)N[C@H]1CCCCN(Cc2ccc(C(C)(C)C)cc2)C1=O. The van der Waals surface area contributed by atoms with Gasteiger partial charge in [-0.15, -0.1) is 0 Å². The highest BCUT2D eigenvalue weighted by Gasteiger charge is 2.37. The fraction of sp³-hybridized carbons (Fsp3) is 0.655. The van der Waals surface area contributed by atoms with Gasteiger partial charge in [0, 0.05) is 20.2 Å². The zero-order chi connectivity index (χ0) is 27.8. The Kier molecular flexibility index (Phi) is 11.8. The second kappa shape index (κ2) is 14.0. The molecule has 1 unspecified atom stereocenters. The van der Waals surface area contributed by atoms with Crippen LogP contribution in [0.2, 0.25) is 0 Å². The number of allylic oxidation sites excluding steroid dienone is 1. The number of carbonyl (C=O) groups is 2. The molecule has 1 aliphatic rings. The monoisotopic (exact) mass is 518 g/mol. The first-order valence-electron chi connectivity index (χ1n) is 13.3. The summed E-state index contributed by atoms with van der Waals surface area (Å²) in [6.07, 6.45) is -0.0526. The number of hydrogen-bond acceptors (Lipinski definition) is 6. The Morgan fingerprint density at radius 1 is 1.14 bits per heavy atom. The van der Waals surface area contributed by atoms with Crippen molar-refractivity contribution in [2.24, 2.45) is 5.92 Å². The van der Waals surface area contributed by atoms with Gasteiger partial charge < -0.3 is 30.3 Å². The summed E-state index contributed by atoms with van der Waals surface area (Å²) in [5.41, 5.74) is 2.28. The van der Waals surface area contributed by atoms with E-state index in [-0.39, 0.29) is 17.2 Å². The van der Waals surface area contributed by atoms with Gasteiger partial charge in [0.1, 0.15) is 24.4 Å². The van der Waals surface area contributed by atoms with Crippen LogP contribution < -0.4 is 5.32 Å². The average Bonchev–Trinajstić information content (AvgIpc) is 3.03. The molecule has 1 aromatic carbocycles. The van der Waals surface area contributed by atoms with Gasteiger partial charge in [0.2, 0.25) is 5.91 Å². The van der Waals surface area contributed by atoms with Crippen molar-refractivity contribution < 1.29 is 29.6 Å². The second-order valence-electron chi connectivity index (χ2n) is 11.2. The van der Waals surface area contributed by atoms with Gasteiger partial charge >= 0.3 is 0 Å². The Hall–Kier alpha value is -2.26. The molecule has 8 heteroatoms. The number of hydrogen-bond donors (Lipinski definition) is 4. The molecule has 37 heavy (non-hydrogen) atoms. The summed E-state index contributed by atoms with van der Waals surface area (Å²) in [7, 11) is 1.24. The summed E-state index contributed by atoms with van der Waals surface area (Å²) >= 11 is 0. The topological polar surface area (TPSA) is 119 Å². The van der Waals surface area contributed by atoms with Crippen LogP contribution in [0.25, 0.3) is 0 Å². The van der Waals surface area contributed by atoms with Crippen molar-refractivity contribution in [1.29, 1.82) is 0 Å². The molecular formula is C29H46N2O6. The first-order valence-corrected chi connectivity index (χ1v) is 13.3. The molecule has 1 aromatic rings. The molecule has 4 N–H and O–H groups in total. The maximum absolute atomic E-state index is 13.3. The number of amides is 2. The van der Waals surface area contributed by atoms with Crippen molar-refractivity contribution in [3.05, 3.63) is 47.5 Å². The van der Waals surface area contributed by atoms with E-state index >= 15 is 0 Å². The largest absolute Gasteiger partial charge is 0.387 e. The first kappa shape index (κ1) is 31.0. The summed E-state index contributed by atoms with van der Waals surface area (Å²) < 4.78 is 5.18. The van der Waals surface area contributed by atoms with Crippen molar-refractivity contribution in [3.63, 3.8) is 0 Å². The minimum atomic E-state index is -1.68. The Bertz CT molecular complexity index is 895. The van der Waals surface area contributed by atoms with Crippen LogP contribution in [-0.4, -0.2) is 76.1 Å². The summed E-state index contributed by atoms with van der Waals surface area (Å²) in [4.78, 5) is 28.1. The maximum atomic E-state index is 13.3. The molecular weight excluding hydrogens is 472 g/mol. The van der Waals surface area contributed by atoms with Crippen LogP contribution in [0.5, 0.6) is 0 Å². The zero-order valence-corrected chi connectivity index (χ0v) is 23.2. The van der Waals surface area contributed by atoms with E-state index < -0.39 is 36.4 Å². The molecule has 0 aromatic heterocycles. The van der Waals surface area contributed by atoms with Crippen molar-refractivity contribution in [2.75, 3.05) is 13.7 Å². The minimum absolute atomic E-state index is 0.0443. The molecule has 2 amide bonds. The van der Waals surface area contributed by atoms with Gasteiger partial charge in [-0.2, -0.15) is 0 Å². The van der Waals surface area contributed by atoms with E-state index in [0.29, 0.717) is 19.5 Å². The molecule has 0 saturated carbocycles. The lowest BCUT2D eigenvalue weighted by atomic mass is 9.87. The molecule has 1 aliphatic heterocycles. The van der Waals surface area contributed by atoms with E-state index in [9.17, 15) is 24.9 Å². The van der Waals surface area contributed by atoms with Gasteiger partial charge in [-0.3, -0.25) is 9.59 Å². The number of aliphatic hydroxyl groups excluding tert-OH is 3. The number of ether oxygens (including phenoxy) is 1. The number of aliphatic hydroxyl groups is 3. The van der Waals surface area contributed by atoms with Crippen molar-refractivity contribution in [1.82, 2.24) is 10.2 Å². The third-order valence-corrected chi connectivity index (χ3v) is 7.09. The van der Waals surface area contributed by atoms with Crippen molar-refractivity contribution in [2.45, 2.75) is 103 Å². The van der Waals surface area contributed by atoms with Gasteiger partial charge in [-0.25, -0.2) is 0 Å². The van der Waals surface area contributed by atoms with Crippen LogP contribution in [0.1, 0.15) is 71.4 Å². The van der Waals surface area contributed by atoms with Crippen molar-refractivity contribution in [3.8, 4) is 0 Å². The predicted octanol–water partition coefficient (Wildman–Crippen LogP) is 2.68. The number of nitrogens with one attached hydrogen (secondary N) is 1. The van der Waals surface area contributed by atoms with E-state index in [2.05, 4.69) is 38.2 Å². The van der Waals surface area contributed by atoms with E-state index in [1.54, 1.807) is 11.0 Å². The van der Waals surface area contributed by atoms with Crippen LogP contribution in [0, 0.1) is 5.92 Å². The van der Waals surface area contributed by atoms with Gasteiger partial charge in [-0.1, -0.05) is 77.5 Å². The van der Waals surface area contributed by atoms with E-state index in [4.69, 9.17) is 4.74 Å². The van der Waals surface area contributed by atoms with E-state index in [0.717, 1.165) is 24.8 Å². The zero-order valence-electron chi connectivity index (χ0n) is 23.2. The van der Waals surface area contributed by atoms with Crippen LogP contribution in [-0.2, 0) is 26.3 Å². The molecule has 0 spiro atoms. The fourth-order valence-corrected chi connectivity index (χ4v) is 4.32. The lowest BCUT2D eigenvalue weighted by molar-refractivity contribution is -0.151. The summed E-state index contributed by atoms with van der Waals surface area (Å²) in [5, 5.41) is 34.0. The number of rotatable bonds is 11. The van der Waals surface area contributed by atoms with Crippen molar-refractivity contribution >= 4 is 11.8 Å². The highest BCUT2D eigenvalue weighted by Crippen LogP contribution is 2.23.